The van der Waals surface area contributed by atoms with Crippen molar-refractivity contribution in [3.8, 4) is 0 Å². The minimum Gasteiger partial charge on any atom is -0.300 e. The van der Waals surface area contributed by atoms with Crippen molar-refractivity contribution < 1.29 is 18.0 Å². The van der Waals surface area contributed by atoms with Crippen LogP contribution in [0.25, 0.3) is 0 Å². The molecule has 2 amide bonds. The molecule has 4 aromatic carbocycles. The minimum absolute atomic E-state index is 0.0212. The summed E-state index contributed by atoms with van der Waals surface area (Å²) in [6, 6.07) is 27.2. The van der Waals surface area contributed by atoms with Gasteiger partial charge in [-0.05, 0) is 89.7 Å². The Morgan fingerprint density at radius 2 is 1.43 bits per heavy atom. The van der Waals surface area contributed by atoms with Gasteiger partial charge in [-0.3, -0.25) is 9.59 Å². The molecule has 0 fully saturated rings. The second-order valence-electron chi connectivity index (χ2n) is 9.12. The quantitative estimate of drug-likeness (QED) is 0.171. The highest BCUT2D eigenvalue weighted by Crippen LogP contribution is 2.36. The van der Waals surface area contributed by atoms with Crippen LogP contribution in [0.1, 0.15) is 33.9 Å². The molecule has 0 aliphatic heterocycles. The van der Waals surface area contributed by atoms with Gasteiger partial charge in [-0.15, -0.1) is 0 Å². The molecule has 0 aromatic heterocycles. The molecule has 0 heterocycles. The van der Waals surface area contributed by atoms with E-state index in [1.807, 2.05) is 43.3 Å². The van der Waals surface area contributed by atoms with E-state index in [4.69, 9.17) is 0 Å². The molecule has 0 unspecified atom stereocenters. The van der Waals surface area contributed by atoms with E-state index in [1.165, 1.54) is 19.2 Å². The molecule has 0 N–H and O–H groups in total. The zero-order valence-electron chi connectivity index (χ0n) is 21.6. The van der Waals surface area contributed by atoms with Crippen LogP contribution in [-0.4, -0.2) is 31.6 Å². The predicted molar refractivity (Wildman–Crippen MR) is 173 cm³/mol. The fraction of sp³-hybridized carbons (Fsp3) is 0.133. The van der Waals surface area contributed by atoms with Crippen molar-refractivity contribution in [3.63, 3.8) is 0 Å². The fourth-order valence-electron chi connectivity index (χ4n) is 4.18. The SMILES string of the molecule is Cc1ccc(S(=O)(=O)N(C)C(=O)C[C@H](c2ccc(I)cc2)N(C(=O)c2ccccc2)c2cc(Br)cc(Br)c2)cc1. The van der Waals surface area contributed by atoms with Crippen LogP contribution >= 0.6 is 54.5 Å². The van der Waals surface area contributed by atoms with Gasteiger partial charge < -0.3 is 4.90 Å². The largest absolute Gasteiger partial charge is 0.300 e. The van der Waals surface area contributed by atoms with Crippen molar-refractivity contribution in [1.29, 1.82) is 0 Å². The van der Waals surface area contributed by atoms with E-state index in [1.54, 1.807) is 53.4 Å². The molecule has 40 heavy (non-hydrogen) atoms. The number of rotatable bonds is 8. The number of aryl methyl sites for hydroxylation is 1. The number of carbonyl (C=O) groups excluding carboxylic acids is 2. The average Bonchev–Trinajstić information content (AvgIpc) is 2.92. The van der Waals surface area contributed by atoms with Crippen molar-refractivity contribution >= 4 is 82.0 Å². The van der Waals surface area contributed by atoms with E-state index < -0.39 is 22.0 Å². The van der Waals surface area contributed by atoms with E-state index in [2.05, 4.69) is 54.5 Å². The van der Waals surface area contributed by atoms with Gasteiger partial charge in [-0.1, -0.05) is 79.9 Å². The second-order valence-corrected chi connectivity index (χ2v) is 14.2. The second kappa shape index (κ2) is 13.0. The van der Waals surface area contributed by atoms with Crippen molar-refractivity contribution in [2.75, 3.05) is 11.9 Å². The number of anilines is 1. The molecule has 0 aliphatic rings. The number of sulfonamides is 1. The number of nitrogens with zero attached hydrogens (tertiary/aromatic N) is 2. The molecule has 0 bridgehead atoms. The number of hydrogen-bond acceptors (Lipinski definition) is 4. The summed E-state index contributed by atoms with van der Waals surface area (Å²) in [7, 11) is -2.85. The van der Waals surface area contributed by atoms with Gasteiger partial charge in [0.05, 0.1) is 17.4 Å². The molecular weight excluding hydrogens is 771 g/mol. The first-order chi connectivity index (χ1) is 19.0. The molecule has 0 radical (unpaired) electrons. The Labute approximate surface area is 264 Å². The lowest BCUT2D eigenvalue weighted by Gasteiger charge is -2.33. The standard InChI is InChI=1S/C30H25Br2IN2O4S/c1-20-8-14-27(15-9-20)40(38,39)34(2)29(36)19-28(21-10-12-25(33)13-11-21)35(26-17-23(31)16-24(32)18-26)30(37)22-6-4-3-5-7-22/h3-18,28H,19H2,1-2H3/t28-/m1/s1. The number of benzene rings is 4. The van der Waals surface area contributed by atoms with Crippen LogP contribution in [0.3, 0.4) is 0 Å². The molecule has 4 rings (SSSR count). The van der Waals surface area contributed by atoms with Crippen molar-refractivity contribution in [2.45, 2.75) is 24.3 Å². The van der Waals surface area contributed by atoms with E-state index in [0.29, 0.717) is 16.8 Å². The maximum Gasteiger partial charge on any atom is 0.266 e. The van der Waals surface area contributed by atoms with Crippen LogP contribution in [0, 0.1) is 10.5 Å². The van der Waals surface area contributed by atoms with Crippen molar-refractivity contribution in [1.82, 2.24) is 4.31 Å². The van der Waals surface area contributed by atoms with Gasteiger partial charge in [0.1, 0.15) is 0 Å². The third-order valence-corrected chi connectivity index (χ3v) is 9.76. The van der Waals surface area contributed by atoms with Crippen LogP contribution in [0.2, 0.25) is 0 Å². The van der Waals surface area contributed by atoms with Crippen LogP contribution in [0.4, 0.5) is 5.69 Å². The Morgan fingerprint density at radius 3 is 2.00 bits per heavy atom. The Kier molecular flexibility index (Phi) is 9.86. The Hall–Kier alpha value is -2.54. The first kappa shape index (κ1) is 30.4. The van der Waals surface area contributed by atoms with Crippen LogP contribution in [-0.2, 0) is 14.8 Å². The third-order valence-electron chi connectivity index (χ3n) is 6.33. The summed E-state index contributed by atoms with van der Waals surface area (Å²) in [4.78, 5) is 29.4. The van der Waals surface area contributed by atoms with Crippen LogP contribution in [0.15, 0.2) is 111 Å². The van der Waals surface area contributed by atoms with Gasteiger partial charge in [0, 0.05) is 30.8 Å². The molecule has 10 heteroatoms. The van der Waals surface area contributed by atoms with E-state index >= 15 is 0 Å². The lowest BCUT2D eigenvalue weighted by molar-refractivity contribution is -0.126. The first-order valence-corrected chi connectivity index (χ1v) is 16.3. The monoisotopic (exact) mass is 794 g/mol. The fourth-order valence-corrected chi connectivity index (χ4v) is 6.94. The number of hydrogen-bond donors (Lipinski definition) is 0. The maximum atomic E-state index is 14.1. The first-order valence-electron chi connectivity index (χ1n) is 12.2. The maximum absolute atomic E-state index is 14.1. The Bertz CT molecular complexity index is 1610. The minimum atomic E-state index is -4.10. The smallest absolute Gasteiger partial charge is 0.266 e. The summed E-state index contributed by atoms with van der Waals surface area (Å²) in [5.74, 6) is -0.977. The van der Waals surface area contributed by atoms with Crippen molar-refractivity contribution in [3.05, 3.63) is 126 Å². The summed E-state index contributed by atoms with van der Waals surface area (Å²) >= 11 is 9.21. The summed E-state index contributed by atoms with van der Waals surface area (Å²) in [5, 5.41) is 0. The summed E-state index contributed by atoms with van der Waals surface area (Å²) in [5.41, 5.74) is 2.56. The van der Waals surface area contributed by atoms with Gasteiger partial charge in [-0.25, -0.2) is 12.7 Å². The Morgan fingerprint density at radius 1 is 0.850 bits per heavy atom. The highest BCUT2D eigenvalue weighted by molar-refractivity contribution is 14.1. The van der Waals surface area contributed by atoms with E-state index in [0.717, 1.165) is 22.4 Å². The molecule has 0 aliphatic carbocycles. The van der Waals surface area contributed by atoms with Gasteiger partial charge in [0.2, 0.25) is 5.91 Å². The lowest BCUT2D eigenvalue weighted by atomic mass is 9.99. The summed E-state index contributed by atoms with van der Waals surface area (Å²) in [6.07, 6.45) is -0.273. The van der Waals surface area contributed by atoms with Gasteiger partial charge in [0.25, 0.3) is 15.9 Å². The normalized spacial score (nSPS) is 12.0. The van der Waals surface area contributed by atoms with E-state index in [9.17, 15) is 18.0 Å². The van der Waals surface area contributed by atoms with E-state index in [-0.39, 0.29) is 17.2 Å². The molecular formula is C30H25Br2IN2O4S. The predicted octanol–water partition coefficient (Wildman–Crippen LogP) is 7.75. The third kappa shape index (κ3) is 7.02. The summed E-state index contributed by atoms with van der Waals surface area (Å²) in [6.45, 7) is 1.86. The van der Waals surface area contributed by atoms with Crippen molar-refractivity contribution in [2.24, 2.45) is 0 Å². The Balaban J connectivity index is 1.82. The zero-order chi connectivity index (χ0) is 29.0. The highest BCUT2D eigenvalue weighted by Gasteiger charge is 2.34. The molecule has 0 saturated heterocycles. The molecule has 206 valence electrons. The molecule has 6 nitrogen and oxygen atoms in total. The number of amides is 2. The van der Waals surface area contributed by atoms with Gasteiger partial charge in [-0.2, -0.15) is 0 Å². The highest BCUT2D eigenvalue weighted by atomic mass is 127. The molecule has 0 saturated carbocycles. The molecule has 1 atom stereocenters. The number of carbonyl (C=O) groups is 2. The average molecular weight is 796 g/mol. The van der Waals surface area contributed by atoms with Crippen LogP contribution < -0.4 is 4.90 Å². The molecule has 4 aromatic rings. The molecule has 0 spiro atoms. The van der Waals surface area contributed by atoms with Crippen LogP contribution in [0.5, 0.6) is 0 Å². The summed E-state index contributed by atoms with van der Waals surface area (Å²) < 4.78 is 29.9. The zero-order valence-corrected chi connectivity index (χ0v) is 27.7. The topological polar surface area (TPSA) is 74.8 Å². The van der Waals surface area contributed by atoms with Gasteiger partial charge >= 0.3 is 0 Å². The number of halogens is 3. The van der Waals surface area contributed by atoms with Gasteiger partial charge in [0.15, 0.2) is 0 Å². The lowest BCUT2D eigenvalue weighted by Crippen LogP contribution is -2.40.